The van der Waals surface area contributed by atoms with E-state index < -0.39 is 0 Å². The SMILES string of the molecule is CC(C)(C)c1cc2c3c(c1)c1ccc(-c4cccc(-c5cccc(-c6cccc7c6sc6ccccc67)c5)c4)cc1c1cc(C(C)(C)C)cc(c13)C2(C)C. The quantitative estimate of drug-likeness (QED) is 0.160. The molecule has 1 heterocycles. The van der Waals surface area contributed by atoms with Gasteiger partial charge in [0.1, 0.15) is 0 Å². The van der Waals surface area contributed by atoms with Gasteiger partial charge in [-0.15, -0.1) is 11.3 Å². The van der Waals surface area contributed by atoms with E-state index in [1.807, 2.05) is 11.3 Å². The average molecular weight is 715 g/mol. The van der Waals surface area contributed by atoms with Crippen LogP contribution in [-0.4, -0.2) is 0 Å². The van der Waals surface area contributed by atoms with Crippen molar-refractivity contribution in [2.24, 2.45) is 0 Å². The lowest BCUT2D eigenvalue weighted by Crippen LogP contribution is -2.19. The van der Waals surface area contributed by atoms with Crippen LogP contribution in [0.1, 0.15) is 77.6 Å². The predicted octanol–water partition coefficient (Wildman–Crippen LogP) is 15.7. The van der Waals surface area contributed by atoms with Gasteiger partial charge < -0.3 is 0 Å². The van der Waals surface area contributed by atoms with Gasteiger partial charge in [-0.3, -0.25) is 0 Å². The van der Waals surface area contributed by atoms with Gasteiger partial charge in [-0.2, -0.15) is 0 Å². The van der Waals surface area contributed by atoms with Crippen LogP contribution in [0.2, 0.25) is 0 Å². The summed E-state index contributed by atoms with van der Waals surface area (Å²) in [5.41, 5.74) is 13.3. The van der Waals surface area contributed by atoms with E-state index in [0.717, 1.165) is 0 Å². The summed E-state index contributed by atoms with van der Waals surface area (Å²) in [6.45, 7) is 19.0. The Hall–Kier alpha value is -5.24. The van der Waals surface area contributed by atoms with Crippen LogP contribution in [0.4, 0.5) is 0 Å². The Bertz CT molecular complexity index is 3030. The molecule has 0 atom stereocenters. The Morgan fingerprint density at radius 1 is 0.407 bits per heavy atom. The molecular weight excluding hydrogens is 669 g/mol. The smallest absolute Gasteiger partial charge is 0.0433 e. The van der Waals surface area contributed by atoms with Gasteiger partial charge in [0, 0.05) is 25.6 Å². The van der Waals surface area contributed by atoms with Gasteiger partial charge in [-0.05, 0) is 135 Å². The summed E-state index contributed by atoms with van der Waals surface area (Å²) in [5, 5.41) is 11.0. The summed E-state index contributed by atoms with van der Waals surface area (Å²) in [6, 6.07) is 51.0. The minimum atomic E-state index is -0.0765. The fourth-order valence-corrected chi connectivity index (χ4v) is 10.4. The number of rotatable bonds is 3. The third-order valence-electron chi connectivity index (χ3n) is 12.3. The molecule has 0 nitrogen and oxygen atoms in total. The Morgan fingerprint density at radius 3 is 1.56 bits per heavy atom. The van der Waals surface area contributed by atoms with Crippen molar-refractivity contribution in [3.63, 3.8) is 0 Å². The number of hydrogen-bond donors (Lipinski definition) is 0. The first-order valence-electron chi connectivity index (χ1n) is 19.4. The van der Waals surface area contributed by atoms with Crippen LogP contribution in [0.25, 0.3) is 85.9 Å². The van der Waals surface area contributed by atoms with Crippen molar-refractivity contribution in [1.82, 2.24) is 0 Å². The van der Waals surface area contributed by atoms with Crippen molar-refractivity contribution in [2.75, 3.05) is 0 Å². The molecule has 1 aromatic heterocycles. The molecule has 0 saturated carbocycles. The molecule has 0 saturated heterocycles. The van der Waals surface area contributed by atoms with Crippen LogP contribution < -0.4 is 0 Å². The first-order valence-corrected chi connectivity index (χ1v) is 20.2. The largest absolute Gasteiger partial charge is 0.135 e. The standard InChI is InChI=1S/C53H46S/c1-51(2,3)36-27-43-39-23-22-34(26-42(39)44-28-37(52(4,5)6)30-46-49(44)48(43)45(29-36)53(46,7)8)32-15-11-14-31(24-32)33-16-12-17-35(25-33)38-19-13-20-41-40-18-9-10-21-47(40)54-50(38)41/h9-30H,1-8H3. The molecule has 264 valence electrons. The van der Waals surface area contributed by atoms with Crippen LogP contribution in [0, 0.1) is 0 Å². The van der Waals surface area contributed by atoms with Gasteiger partial charge in [0.05, 0.1) is 0 Å². The second kappa shape index (κ2) is 11.4. The number of benzene rings is 8. The highest BCUT2D eigenvalue weighted by atomic mass is 32.1. The maximum atomic E-state index is 2.52. The zero-order valence-electron chi connectivity index (χ0n) is 32.6. The Labute approximate surface area is 323 Å². The summed E-state index contributed by atoms with van der Waals surface area (Å²) >= 11 is 1.89. The summed E-state index contributed by atoms with van der Waals surface area (Å²) < 4.78 is 2.69. The van der Waals surface area contributed by atoms with Crippen LogP contribution in [0.15, 0.2) is 133 Å². The number of hydrogen-bond acceptors (Lipinski definition) is 1. The molecule has 54 heavy (non-hydrogen) atoms. The molecule has 0 N–H and O–H groups in total. The van der Waals surface area contributed by atoms with Gasteiger partial charge in [-0.25, -0.2) is 0 Å². The van der Waals surface area contributed by atoms with E-state index in [1.54, 1.807) is 0 Å². The molecule has 0 aliphatic heterocycles. The van der Waals surface area contributed by atoms with Gasteiger partial charge in [0.2, 0.25) is 0 Å². The molecule has 0 amide bonds. The minimum Gasteiger partial charge on any atom is -0.135 e. The van der Waals surface area contributed by atoms with Gasteiger partial charge in [0.15, 0.2) is 0 Å². The lowest BCUT2D eigenvalue weighted by atomic mass is 9.76. The minimum absolute atomic E-state index is 0.0381. The van der Waals surface area contributed by atoms with E-state index in [4.69, 9.17) is 0 Å². The summed E-state index contributed by atoms with van der Waals surface area (Å²) in [4.78, 5) is 0. The maximum absolute atomic E-state index is 2.52. The van der Waals surface area contributed by atoms with Crippen LogP contribution >= 0.6 is 11.3 Å². The van der Waals surface area contributed by atoms with Crippen molar-refractivity contribution >= 4 is 63.8 Å². The van der Waals surface area contributed by atoms with E-state index in [2.05, 4.69) is 189 Å². The molecule has 8 aromatic carbocycles. The third kappa shape index (κ3) is 4.94. The molecule has 9 aromatic rings. The van der Waals surface area contributed by atoms with Crippen molar-refractivity contribution < 1.29 is 0 Å². The fraction of sp³-hybridized carbons (Fsp3) is 0.208. The van der Waals surface area contributed by atoms with Gasteiger partial charge in [-0.1, -0.05) is 152 Å². The molecule has 10 rings (SSSR count). The predicted molar refractivity (Wildman–Crippen MR) is 238 cm³/mol. The maximum Gasteiger partial charge on any atom is 0.0433 e. The van der Waals surface area contributed by atoms with Gasteiger partial charge >= 0.3 is 0 Å². The first kappa shape index (κ1) is 33.3. The van der Waals surface area contributed by atoms with Crippen molar-refractivity contribution in [3.05, 3.63) is 156 Å². The number of thiophene rings is 1. The summed E-state index contributed by atoms with van der Waals surface area (Å²) in [5.74, 6) is 0. The van der Waals surface area contributed by atoms with E-state index in [1.165, 1.54) is 108 Å². The summed E-state index contributed by atoms with van der Waals surface area (Å²) in [6.07, 6.45) is 0. The van der Waals surface area contributed by atoms with Crippen LogP contribution in [-0.2, 0) is 16.2 Å². The lowest BCUT2D eigenvalue weighted by molar-refractivity contribution is 0.581. The molecule has 1 aliphatic carbocycles. The first-order chi connectivity index (χ1) is 25.8. The van der Waals surface area contributed by atoms with E-state index >= 15 is 0 Å². The van der Waals surface area contributed by atoms with Crippen molar-refractivity contribution in [2.45, 2.75) is 71.6 Å². The summed E-state index contributed by atoms with van der Waals surface area (Å²) in [7, 11) is 0. The second-order valence-electron chi connectivity index (χ2n) is 18.2. The highest BCUT2D eigenvalue weighted by Crippen LogP contribution is 2.54. The molecule has 0 bridgehead atoms. The zero-order valence-corrected chi connectivity index (χ0v) is 33.4. The Balaban J connectivity index is 1.15. The van der Waals surface area contributed by atoms with E-state index in [9.17, 15) is 0 Å². The Morgan fingerprint density at radius 2 is 0.926 bits per heavy atom. The molecule has 0 fully saturated rings. The van der Waals surface area contributed by atoms with Crippen molar-refractivity contribution in [3.8, 4) is 33.4 Å². The monoisotopic (exact) mass is 714 g/mol. The molecule has 1 heteroatoms. The van der Waals surface area contributed by atoms with Gasteiger partial charge in [0.25, 0.3) is 0 Å². The fourth-order valence-electron chi connectivity index (χ4n) is 9.15. The molecule has 0 unspecified atom stereocenters. The average Bonchev–Trinajstić information content (AvgIpc) is 3.65. The number of fused-ring (bicyclic) bond motifs is 6. The second-order valence-corrected chi connectivity index (χ2v) is 19.3. The van der Waals surface area contributed by atoms with E-state index in [-0.39, 0.29) is 16.2 Å². The van der Waals surface area contributed by atoms with Crippen LogP contribution in [0.5, 0.6) is 0 Å². The highest BCUT2D eigenvalue weighted by Gasteiger charge is 2.37. The topological polar surface area (TPSA) is 0 Å². The third-order valence-corrected chi connectivity index (χ3v) is 13.5. The van der Waals surface area contributed by atoms with Crippen LogP contribution in [0.3, 0.4) is 0 Å². The molecule has 1 aliphatic rings. The molecule has 0 radical (unpaired) electrons. The van der Waals surface area contributed by atoms with Crippen molar-refractivity contribution in [1.29, 1.82) is 0 Å². The lowest BCUT2D eigenvalue weighted by Gasteiger charge is -2.27. The zero-order chi connectivity index (χ0) is 37.3. The van der Waals surface area contributed by atoms with E-state index in [0.29, 0.717) is 0 Å². The molecular formula is C53H46S. The highest BCUT2D eigenvalue weighted by molar-refractivity contribution is 7.26. The Kier molecular flexibility index (Phi) is 7.03. The normalized spacial score (nSPS) is 14.1. The molecule has 0 spiro atoms.